The Balaban J connectivity index is 1.83. The summed E-state index contributed by atoms with van der Waals surface area (Å²) in [5.74, 6) is -0.832. The summed E-state index contributed by atoms with van der Waals surface area (Å²) in [6.07, 6.45) is 0.950. The van der Waals surface area contributed by atoms with E-state index in [9.17, 15) is 18.0 Å². The molecule has 2 atom stereocenters. The van der Waals surface area contributed by atoms with Gasteiger partial charge in [-0.1, -0.05) is 84.8 Å². The van der Waals surface area contributed by atoms with E-state index >= 15 is 0 Å². The van der Waals surface area contributed by atoms with E-state index in [1.807, 2.05) is 77.1 Å². The number of amides is 2. The van der Waals surface area contributed by atoms with Crippen LogP contribution < -0.4 is 9.62 Å². The van der Waals surface area contributed by atoms with Crippen molar-refractivity contribution in [3.8, 4) is 0 Å². The van der Waals surface area contributed by atoms with Crippen LogP contribution in [0.2, 0.25) is 5.02 Å². The van der Waals surface area contributed by atoms with Crippen molar-refractivity contribution in [2.24, 2.45) is 0 Å². The number of rotatable bonds is 13. The lowest BCUT2D eigenvalue weighted by Gasteiger charge is -2.34. The van der Waals surface area contributed by atoms with Crippen LogP contribution in [0.15, 0.2) is 102 Å². The molecular formula is C37H42ClN3O4S. The number of halogens is 1. The van der Waals surface area contributed by atoms with Crippen LogP contribution in [0.5, 0.6) is 0 Å². The lowest BCUT2D eigenvalue weighted by atomic mass is 10.0. The minimum absolute atomic E-state index is 0.0518. The minimum atomic E-state index is -4.17. The molecule has 0 aliphatic carbocycles. The van der Waals surface area contributed by atoms with E-state index < -0.39 is 28.5 Å². The third-order valence-electron chi connectivity index (χ3n) is 8.18. The molecule has 0 heterocycles. The number of aryl methyl sites for hydroxylation is 3. The molecule has 0 fully saturated rings. The monoisotopic (exact) mass is 659 g/mol. The molecule has 0 aliphatic rings. The Morgan fingerprint density at radius 1 is 0.826 bits per heavy atom. The molecule has 0 radical (unpaired) electrons. The Kier molecular flexibility index (Phi) is 11.7. The van der Waals surface area contributed by atoms with Gasteiger partial charge in [-0.3, -0.25) is 13.9 Å². The highest BCUT2D eigenvalue weighted by Gasteiger charge is 2.35. The van der Waals surface area contributed by atoms with Crippen LogP contribution in [-0.2, 0) is 32.6 Å². The van der Waals surface area contributed by atoms with Crippen molar-refractivity contribution in [3.63, 3.8) is 0 Å². The van der Waals surface area contributed by atoms with E-state index in [-0.39, 0.29) is 29.8 Å². The molecule has 0 spiro atoms. The summed E-state index contributed by atoms with van der Waals surface area (Å²) in [6.45, 7) is 9.15. The second kappa shape index (κ2) is 15.4. The fourth-order valence-electron chi connectivity index (χ4n) is 5.07. The Morgan fingerprint density at radius 3 is 2.13 bits per heavy atom. The molecule has 46 heavy (non-hydrogen) atoms. The van der Waals surface area contributed by atoms with E-state index in [0.29, 0.717) is 17.1 Å². The molecule has 0 bridgehead atoms. The van der Waals surface area contributed by atoms with E-state index in [1.165, 1.54) is 4.90 Å². The maximum Gasteiger partial charge on any atom is 0.264 e. The number of anilines is 1. The SMILES string of the molecule is CCC(C)NC(=O)C(Cc1ccccc1)N(Cc1cccc(Cl)c1)C(=O)CN(c1ccc(C)c(C)c1)S(=O)(=O)c1ccc(C)cc1. The largest absolute Gasteiger partial charge is 0.352 e. The average Bonchev–Trinajstić information content (AvgIpc) is 3.03. The van der Waals surface area contributed by atoms with Crippen molar-refractivity contribution in [3.05, 3.63) is 130 Å². The fraction of sp³-hybridized carbons (Fsp3) is 0.297. The zero-order chi connectivity index (χ0) is 33.4. The van der Waals surface area contributed by atoms with Gasteiger partial charge in [0.25, 0.3) is 10.0 Å². The van der Waals surface area contributed by atoms with Gasteiger partial charge in [0.05, 0.1) is 10.6 Å². The zero-order valence-corrected chi connectivity index (χ0v) is 28.6. The number of sulfonamides is 1. The van der Waals surface area contributed by atoms with Gasteiger partial charge >= 0.3 is 0 Å². The lowest BCUT2D eigenvalue weighted by molar-refractivity contribution is -0.140. The molecule has 0 saturated heterocycles. The second-order valence-corrected chi connectivity index (χ2v) is 14.1. The quantitative estimate of drug-likeness (QED) is 0.167. The number of carbonyl (C=O) groups is 2. The first-order valence-corrected chi connectivity index (χ1v) is 17.3. The standard InChI is InChI=1S/C37H42ClN3O4S/c1-6-29(5)39-37(43)35(23-30-11-8-7-9-12-30)40(24-31-13-10-14-32(38)22-31)36(42)25-41(33-18-17-27(3)28(4)21-33)46(44,45)34-19-15-26(2)16-20-34/h7-22,29,35H,6,23-25H2,1-5H3,(H,39,43). The van der Waals surface area contributed by atoms with Crippen molar-refractivity contribution < 1.29 is 18.0 Å². The number of nitrogens with one attached hydrogen (secondary N) is 1. The third kappa shape index (κ3) is 8.77. The summed E-state index contributed by atoms with van der Waals surface area (Å²) in [7, 11) is -4.17. The van der Waals surface area contributed by atoms with Crippen LogP contribution in [0.3, 0.4) is 0 Å². The summed E-state index contributed by atoms with van der Waals surface area (Å²) in [4.78, 5) is 30.1. The molecule has 4 aromatic carbocycles. The van der Waals surface area contributed by atoms with Crippen LogP contribution in [0.4, 0.5) is 5.69 Å². The molecule has 4 rings (SSSR count). The van der Waals surface area contributed by atoms with Gasteiger partial charge in [0.1, 0.15) is 12.6 Å². The van der Waals surface area contributed by atoms with E-state index in [0.717, 1.165) is 32.1 Å². The third-order valence-corrected chi connectivity index (χ3v) is 10.2. The highest BCUT2D eigenvalue weighted by atomic mass is 35.5. The molecule has 2 unspecified atom stereocenters. The van der Waals surface area contributed by atoms with Crippen molar-refractivity contribution >= 4 is 39.1 Å². The number of benzene rings is 4. The highest BCUT2D eigenvalue weighted by Crippen LogP contribution is 2.27. The van der Waals surface area contributed by atoms with Gasteiger partial charge in [0.2, 0.25) is 11.8 Å². The number of hydrogen-bond donors (Lipinski definition) is 1. The molecule has 0 aromatic heterocycles. The Morgan fingerprint density at radius 2 is 1.50 bits per heavy atom. The van der Waals surface area contributed by atoms with Gasteiger partial charge in [-0.2, -0.15) is 0 Å². The molecule has 0 aliphatic heterocycles. The predicted octanol–water partition coefficient (Wildman–Crippen LogP) is 7.02. The first-order valence-electron chi connectivity index (χ1n) is 15.4. The fourth-order valence-corrected chi connectivity index (χ4v) is 6.69. The van der Waals surface area contributed by atoms with Crippen LogP contribution in [0.25, 0.3) is 0 Å². The van der Waals surface area contributed by atoms with Crippen molar-refractivity contribution in [1.82, 2.24) is 10.2 Å². The summed E-state index contributed by atoms with van der Waals surface area (Å²) in [5, 5.41) is 3.54. The van der Waals surface area contributed by atoms with Crippen LogP contribution in [-0.4, -0.2) is 43.8 Å². The second-order valence-electron chi connectivity index (χ2n) is 11.8. The minimum Gasteiger partial charge on any atom is -0.352 e. The van der Waals surface area contributed by atoms with Gasteiger partial charge < -0.3 is 10.2 Å². The van der Waals surface area contributed by atoms with Crippen molar-refractivity contribution in [2.45, 2.75) is 71.0 Å². The summed E-state index contributed by atoms with van der Waals surface area (Å²) < 4.78 is 29.6. The Hall–Kier alpha value is -4.14. The maximum absolute atomic E-state index is 14.6. The topological polar surface area (TPSA) is 86.8 Å². The normalized spacial score (nSPS) is 12.7. The maximum atomic E-state index is 14.6. The molecule has 1 N–H and O–H groups in total. The lowest BCUT2D eigenvalue weighted by Crippen LogP contribution is -2.54. The average molecular weight is 660 g/mol. The first kappa shape index (κ1) is 34.7. The van der Waals surface area contributed by atoms with Gasteiger partial charge in [0, 0.05) is 24.0 Å². The van der Waals surface area contributed by atoms with E-state index in [1.54, 1.807) is 54.6 Å². The highest BCUT2D eigenvalue weighted by molar-refractivity contribution is 7.92. The zero-order valence-electron chi connectivity index (χ0n) is 27.0. The molecular weight excluding hydrogens is 618 g/mol. The molecule has 7 nitrogen and oxygen atoms in total. The van der Waals surface area contributed by atoms with E-state index in [2.05, 4.69) is 5.32 Å². The van der Waals surface area contributed by atoms with E-state index in [4.69, 9.17) is 11.6 Å². The summed E-state index contributed by atoms with van der Waals surface area (Å²) in [6, 6.07) is 27.4. The molecule has 9 heteroatoms. The summed E-state index contributed by atoms with van der Waals surface area (Å²) >= 11 is 6.33. The van der Waals surface area contributed by atoms with Crippen molar-refractivity contribution in [1.29, 1.82) is 0 Å². The number of nitrogens with zero attached hydrogens (tertiary/aromatic N) is 2. The van der Waals surface area contributed by atoms with Gasteiger partial charge in [-0.05, 0) is 92.8 Å². The molecule has 4 aromatic rings. The molecule has 242 valence electrons. The van der Waals surface area contributed by atoms with Gasteiger partial charge in [-0.25, -0.2) is 8.42 Å². The number of hydrogen-bond acceptors (Lipinski definition) is 4. The molecule has 0 saturated carbocycles. The Bertz CT molecular complexity index is 1760. The van der Waals surface area contributed by atoms with Crippen LogP contribution in [0.1, 0.15) is 48.1 Å². The van der Waals surface area contributed by atoms with Crippen molar-refractivity contribution in [2.75, 3.05) is 10.8 Å². The number of carbonyl (C=O) groups excluding carboxylic acids is 2. The molecule has 2 amide bonds. The first-order chi connectivity index (χ1) is 21.9. The van der Waals surface area contributed by atoms with Gasteiger partial charge in [-0.15, -0.1) is 0 Å². The Labute approximate surface area is 278 Å². The predicted molar refractivity (Wildman–Crippen MR) is 185 cm³/mol. The van der Waals surface area contributed by atoms with Crippen LogP contribution >= 0.6 is 11.6 Å². The smallest absolute Gasteiger partial charge is 0.264 e. The van der Waals surface area contributed by atoms with Gasteiger partial charge in [0.15, 0.2) is 0 Å². The van der Waals surface area contributed by atoms with Crippen LogP contribution in [0, 0.1) is 20.8 Å². The summed E-state index contributed by atoms with van der Waals surface area (Å²) in [5.41, 5.74) is 4.75.